The molecule has 14 heterocycles. The van der Waals surface area contributed by atoms with Gasteiger partial charge in [0.25, 0.3) is 0 Å². The first-order chi connectivity index (χ1) is 53.5. The second-order valence-corrected chi connectivity index (χ2v) is 53.3. The molecule has 0 spiro atoms. The van der Waals surface area contributed by atoms with Crippen LogP contribution in [0, 0.1) is 17.5 Å². The zero-order valence-electron chi connectivity index (χ0n) is 66.9. The number of halogens is 3. The van der Waals surface area contributed by atoms with Gasteiger partial charge in [-0.1, -0.05) is 78.2 Å². The molecule has 0 aromatic carbocycles. The zero-order chi connectivity index (χ0) is 80.6. The average Bonchev–Trinajstić information content (AvgIpc) is 1.61. The Labute approximate surface area is 657 Å². The molecule has 0 bridgehead atoms. The van der Waals surface area contributed by atoms with E-state index in [1.807, 2.05) is 55.7 Å². The number of piperidine rings is 2. The first-order valence-electron chi connectivity index (χ1n) is 39.0. The predicted molar refractivity (Wildman–Crippen MR) is 440 cm³/mol. The number of nitrogens with zero attached hydrogens (tertiary/aromatic N) is 17. The molecular weight excluding hydrogens is 1520 g/mol. The van der Waals surface area contributed by atoms with E-state index in [1.165, 1.54) is 53.8 Å². The number of amides is 1. The maximum atomic E-state index is 14.1. The molecular formula is C79H104F3N17O10SSi3. The number of carbonyl (C=O) groups is 1. The number of hydrogen-bond donors (Lipinski definition) is 0. The van der Waals surface area contributed by atoms with Crippen LogP contribution in [0.4, 0.5) is 18.0 Å². The summed E-state index contributed by atoms with van der Waals surface area (Å²) in [5.41, 5.74) is 8.23. The fourth-order valence-electron chi connectivity index (χ4n) is 14.7. The zero-order valence-corrected chi connectivity index (χ0v) is 70.7. The molecule has 12 aromatic rings. The van der Waals surface area contributed by atoms with Gasteiger partial charge in [0, 0.05) is 107 Å². The van der Waals surface area contributed by atoms with Gasteiger partial charge in [-0.3, -0.25) is 40.6 Å². The Bertz CT molecular complexity index is 5760. The Morgan fingerprint density at radius 2 is 0.779 bits per heavy atom. The summed E-state index contributed by atoms with van der Waals surface area (Å²) in [5, 5.41) is 0. The van der Waals surface area contributed by atoms with Crippen LogP contribution in [0.5, 0.6) is 0 Å². The lowest BCUT2D eigenvalue weighted by Crippen LogP contribution is -2.43. The lowest BCUT2D eigenvalue weighted by molar-refractivity contribution is 0.0187. The number of sulfonamides is 1. The Kier molecular flexibility index (Phi) is 24.1. The second kappa shape index (κ2) is 33.3. The van der Waals surface area contributed by atoms with Gasteiger partial charge >= 0.3 is 23.2 Å². The molecule has 3 aliphatic rings. The van der Waals surface area contributed by atoms with Gasteiger partial charge in [0.1, 0.15) is 60.2 Å². The minimum absolute atomic E-state index is 0.0660. The minimum Gasteiger partial charge on any atom is -0.444 e. The quantitative estimate of drug-likeness (QED) is 0.0451. The summed E-state index contributed by atoms with van der Waals surface area (Å²) in [6.07, 6.45) is 17.5. The van der Waals surface area contributed by atoms with Crippen LogP contribution in [-0.2, 0) is 49.2 Å². The van der Waals surface area contributed by atoms with Crippen molar-refractivity contribution < 1.29 is 45.3 Å². The number of imidazole rings is 6. The second-order valence-electron chi connectivity index (χ2n) is 34.4. The van der Waals surface area contributed by atoms with Crippen LogP contribution in [0.3, 0.4) is 0 Å². The Morgan fingerprint density at radius 3 is 1.09 bits per heavy atom. The monoisotopic (exact) mass is 1620 g/mol. The van der Waals surface area contributed by atoms with Crippen molar-refractivity contribution in [1.82, 2.24) is 79.7 Å². The molecule has 0 radical (unpaired) electrons. The van der Waals surface area contributed by atoms with Crippen LogP contribution >= 0.6 is 0 Å². The molecule has 0 atom stereocenters. The van der Waals surface area contributed by atoms with Crippen molar-refractivity contribution in [3.05, 3.63) is 159 Å². The third kappa shape index (κ3) is 19.0. The highest BCUT2D eigenvalue weighted by atomic mass is 32.2. The number of ether oxygens (including phenoxy) is 4. The fourth-order valence-corrected chi connectivity index (χ4v) is 17.8. The van der Waals surface area contributed by atoms with Crippen LogP contribution in [0.1, 0.15) is 96.7 Å². The smallest absolute Gasteiger partial charge is 0.410 e. The van der Waals surface area contributed by atoms with E-state index in [9.17, 15) is 40.8 Å². The summed E-state index contributed by atoms with van der Waals surface area (Å²) in [6, 6.07) is 22.9. The largest absolute Gasteiger partial charge is 0.444 e. The van der Waals surface area contributed by atoms with Crippen LogP contribution < -0.4 is 17.1 Å². The first-order valence-corrected chi connectivity index (χ1v) is 51.9. The summed E-state index contributed by atoms with van der Waals surface area (Å²) in [5.74, 6) is -1.12. The summed E-state index contributed by atoms with van der Waals surface area (Å²) in [4.78, 5) is 83.4. The summed E-state index contributed by atoms with van der Waals surface area (Å²) >= 11 is 0. The van der Waals surface area contributed by atoms with Gasteiger partial charge in [0.15, 0.2) is 16.9 Å². The minimum atomic E-state index is -3.30. The molecule has 0 N–H and O–H groups in total. The highest BCUT2D eigenvalue weighted by Gasteiger charge is 2.34. The van der Waals surface area contributed by atoms with Gasteiger partial charge in [0.2, 0.25) is 10.0 Å². The molecule has 1 amide bonds. The number of carbonyl (C=O) groups excluding carboxylic acids is 1. The predicted octanol–water partition coefficient (Wildman–Crippen LogP) is 14.6. The summed E-state index contributed by atoms with van der Waals surface area (Å²) in [6.45, 7) is 30.0. The topological polar surface area (TPSA) is 266 Å². The van der Waals surface area contributed by atoms with Crippen molar-refractivity contribution in [3.63, 3.8) is 0 Å². The summed E-state index contributed by atoms with van der Waals surface area (Å²) < 4.78 is 106. The van der Waals surface area contributed by atoms with E-state index in [1.54, 1.807) is 83.8 Å². The number of rotatable bonds is 22. The van der Waals surface area contributed by atoms with Crippen molar-refractivity contribution in [3.8, 4) is 34.2 Å². The van der Waals surface area contributed by atoms with Crippen LogP contribution in [0.2, 0.25) is 77.1 Å². The molecule has 15 rings (SSSR count). The van der Waals surface area contributed by atoms with E-state index in [2.05, 4.69) is 73.9 Å². The Hall–Kier alpha value is -9.17. The van der Waals surface area contributed by atoms with Crippen LogP contribution in [0.25, 0.3) is 84.6 Å². The Morgan fingerprint density at radius 1 is 0.460 bits per heavy atom. The van der Waals surface area contributed by atoms with Gasteiger partial charge in [-0.15, -0.1) is 0 Å². The molecule has 34 heteroatoms. The number of fused-ring (bicyclic) bond motifs is 6. The van der Waals surface area contributed by atoms with E-state index < -0.39 is 45.7 Å². The van der Waals surface area contributed by atoms with Gasteiger partial charge in [0.05, 0.1) is 75.6 Å². The van der Waals surface area contributed by atoms with Crippen molar-refractivity contribution in [2.75, 3.05) is 52.3 Å². The van der Waals surface area contributed by atoms with Crippen molar-refractivity contribution >= 4 is 90.8 Å². The van der Waals surface area contributed by atoms with Gasteiger partial charge in [-0.2, -0.15) is 0 Å². The maximum absolute atomic E-state index is 14.1. The fraction of sp³-hybridized carbons (Fsp3) is 0.494. The molecule has 2 aliphatic heterocycles. The molecule has 12 aromatic heterocycles. The third-order valence-corrected chi connectivity index (χ3v) is 27.4. The molecule has 113 heavy (non-hydrogen) atoms. The molecule has 3 fully saturated rings. The lowest BCUT2D eigenvalue weighted by atomic mass is 9.95. The molecule has 2 saturated heterocycles. The van der Waals surface area contributed by atoms with Crippen LogP contribution in [0.15, 0.2) is 124 Å². The third-order valence-electron chi connectivity index (χ3n) is 21.0. The molecule has 0 unspecified atom stereocenters. The molecule has 27 nitrogen and oxygen atoms in total. The van der Waals surface area contributed by atoms with Gasteiger partial charge in [-0.05, 0) is 150 Å². The maximum Gasteiger partial charge on any atom is 0.410 e. The molecule has 1 aliphatic carbocycles. The first kappa shape index (κ1) is 81.8. The highest BCUT2D eigenvalue weighted by Crippen LogP contribution is 2.35. The van der Waals surface area contributed by atoms with Gasteiger partial charge in [-0.25, -0.2) is 75.0 Å². The Balaban J connectivity index is 0.000000149. The van der Waals surface area contributed by atoms with Crippen molar-refractivity contribution in [1.29, 1.82) is 0 Å². The van der Waals surface area contributed by atoms with Crippen LogP contribution in [-0.4, -0.2) is 176 Å². The van der Waals surface area contributed by atoms with E-state index in [0.717, 1.165) is 49.3 Å². The summed E-state index contributed by atoms with van der Waals surface area (Å²) in [7, 11) is -7.09. The number of likely N-dealkylation sites (tertiary alicyclic amines) is 1. The average molecular weight is 1630 g/mol. The SMILES string of the molecule is CC(C)(C)OC(=O)N1CCC(n2c(=O)n(COCC[Si](C)(C)C)c3ccc(-c4cnc5ccc(F)cn45)nc32)CC1.C[Si](C)(C)CCOCn1c(=O)n(C2CCCCC2)c2nc(-c3cnc4ccc(F)cn34)ccc21.C[Si](C)(C)CCOCn1c(=O)n(C2CCN(S(C)(=O)=O)CC2)c2nc(-c3cnc4ccc(F)cn34)ccc21. The molecule has 1 saturated carbocycles. The van der Waals surface area contributed by atoms with E-state index >= 15 is 0 Å². The van der Waals surface area contributed by atoms with Crippen molar-refractivity contribution in [2.24, 2.45) is 0 Å². The van der Waals surface area contributed by atoms with E-state index in [4.69, 9.17) is 33.9 Å². The number of hydrogen-bond acceptors (Lipinski definition) is 16. The normalized spacial score (nSPS) is 15.6. The van der Waals surface area contributed by atoms with E-state index in [0.29, 0.717) is 151 Å². The number of aromatic nitrogens is 15. The van der Waals surface area contributed by atoms with Gasteiger partial charge < -0.3 is 23.8 Å². The highest BCUT2D eigenvalue weighted by molar-refractivity contribution is 7.88. The molecule has 604 valence electrons. The lowest BCUT2D eigenvalue weighted by Gasteiger charge is -2.33. The standard InChI is InChI=1S/C29H39FN6O4Si.C25H33FN6O4SSi.C25H32FN5O2Si/c1-29(2,3)40-28(38)33-13-11-21(12-14-33)36-26-23(35(27(36)37)19-39-15-16-41(4,5)6)9-8-22(32-26)24-17-31-25-10-7-20(30)18-34(24)25;1-37(34,35)29-11-9-19(10-12-29)32-24-21(31(25(32)33)17-36-13-14-38(2,3)4)7-6-20(28-24)22-15-27-23-8-5-18(26)16-30(22)23;1-34(2,3)14-13-33-17-30-21-11-10-20(22-15-27-23-12-9-18(26)16-29(22)23)28-24(21)31(25(30)32)19-7-5-4-6-8-19/h7-10,17-18,21H,11-16,19H2,1-6H3;5-8,15-16,19H,9-14,17H2,1-4H3;9-12,15-16,19H,4-8,13-14,17H2,1-3H3. The number of pyridine rings is 6. The van der Waals surface area contributed by atoms with Crippen molar-refractivity contribution in [2.45, 2.75) is 200 Å². The van der Waals surface area contributed by atoms with E-state index in [-0.39, 0.29) is 73.1 Å².